The van der Waals surface area contributed by atoms with Gasteiger partial charge < -0.3 is 16.4 Å². The van der Waals surface area contributed by atoms with Crippen LogP contribution in [0.2, 0.25) is 0 Å². The number of nitrogens with two attached hydrogens (primary N) is 1. The fraction of sp³-hybridized carbons (Fsp3) is 0.533. The van der Waals surface area contributed by atoms with Crippen LogP contribution in [-0.4, -0.2) is 24.5 Å². The lowest BCUT2D eigenvalue weighted by atomic mass is 9.78. The van der Waals surface area contributed by atoms with Gasteiger partial charge in [0.25, 0.3) is 0 Å². The van der Waals surface area contributed by atoms with E-state index in [2.05, 4.69) is 29.7 Å². The third kappa shape index (κ3) is 3.07. The molecule has 0 saturated heterocycles. The van der Waals surface area contributed by atoms with E-state index < -0.39 is 5.54 Å². The van der Waals surface area contributed by atoms with Gasteiger partial charge in [0.1, 0.15) is 5.54 Å². The van der Waals surface area contributed by atoms with Crippen LogP contribution in [0.5, 0.6) is 0 Å². The van der Waals surface area contributed by atoms with E-state index in [0.717, 1.165) is 31.4 Å². The number of hydrogen-bond acceptors (Lipinski definition) is 3. The molecule has 1 aliphatic carbocycles. The van der Waals surface area contributed by atoms with E-state index >= 15 is 0 Å². The molecule has 0 heterocycles. The van der Waals surface area contributed by atoms with Crippen LogP contribution in [0.1, 0.15) is 31.2 Å². The average molecular weight is 261 g/mol. The van der Waals surface area contributed by atoms with Crippen LogP contribution < -0.4 is 16.4 Å². The van der Waals surface area contributed by atoms with Crippen molar-refractivity contribution in [2.45, 2.75) is 44.2 Å². The molecule has 1 fully saturated rings. The van der Waals surface area contributed by atoms with Crippen molar-refractivity contribution < 1.29 is 4.79 Å². The third-order valence-electron chi connectivity index (χ3n) is 3.95. The Morgan fingerprint density at radius 2 is 2.05 bits per heavy atom. The normalized spacial score (nSPS) is 26.8. The maximum Gasteiger partial charge on any atom is 0.245 e. The van der Waals surface area contributed by atoms with Gasteiger partial charge in [-0.05, 0) is 50.3 Å². The lowest BCUT2D eigenvalue weighted by molar-refractivity contribution is -0.126. The minimum absolute atomic E-state index is 0.0564. The van der Waals surface area contributed by atoms with Gasteiger partial charge in [0.2, 0.25) is 5.91 Å². The first-order valence-electron chi connectivity index (χ1n) is 6.88. The topological polar surface area (TPSA) is 67.2 Å². The molecule has 0 aliphatic heterocycles. The Labute approximate surface area is 114 Å². The Bertz CT molecular complexity index is 450. The van der Waals surface area contributed by atoms with Crippen molar-refractivity contribution in [2.24, 2.45) is 5.73 Å². The van der Waals surface area contributed by atoms with E-state index in [-0.39, 0.29) is 11.9 Å². The van der Waals surface area contributed by atoms with Gasteiger partial charge in [0.05, 0.1) is 0 Å². The molecule has 104 valence electrons. The van der Waals surface area contributed by atoms with Crippen molar-refractivity contribution in [1.82, 2.24) is 5.32 Å². The Kier molecular flexibility index (Phi) is 4.10. The van der Waals surface area contributed by atoms with Crippen molar-refractivity contribution in [2.75, 3.05) is 12.4 Å². The zero-order valence-corrected chi connectivity index (χ0v) is 11.7. The summed E-state index contributed by atoms with van der Waals surface area (Å²) in [5.74, 6) is 0.0564. The van der Waals surface area contributed by atoms with Crippen LogP contribution in [0.3, 0.4) is 0 Å². The van der Waals surface area contributed by atoms with Crippen molar-refractivity contribution >= 4 is 11.6 Å². The van der Waals surface area contributed by atoms with Crippen molar-refractivity contribution in [3.63, 3.8) is 0 Å². The summed E-state index contributed by atoms with van der Waals surface area (Å²) in [4.78, 5) is 12.3. The summed E-state index contributed by atoms with van der Waals surface area (Å²) in [6.45, 7) is 2.05. The molecule has 4 nitrogen and oxygen atoms in total. The van der Waals surface area contributed by atoms with E-state index in [1.165, 1.54) is 5.56 Å². The maximum absolute atomic E-state index is 12.3. The molecule has 0 radical (unpaired) electrons. The highest BCUT2D eigenvalue weighted by atomic mass is 16.2. The molecular formula is C15H23N3O. The second kappa shape index (κ2) is 5.61. The van der Waals surface area contributed by atoms with E-state index in [0.29, 0.717) is 0 Å². The average Bonchev–Trinajstić information content (AvgIpc) is 2.41. The first-order valence-corrected chi connectivity index (χ1v) is 6.88. The second-order valence-corrected chi connectivity index (χ2v) is 5.49. The molecule has 1 aromatic carbocycles. The molecule has 2 rings (SSSR count). The SMILES string of the molecule is CNC(=O)C1(Nc2cccc(C)c2)CCC(N)CC1. The number of benzene rings is 1. The smallest absolute Gasteiger partial charge is 0.245 e. The monoisotopic (exact) mass is 261 g/mol. The van der Waals surface area contributed by atoms with Gasteiger partial charge in [0.15, 0.2) is 0 Å². The van der Waals surface area contributed by atoms with Gasteiger partial charge in [-0.15, -0.1) is 0 Å². The number of nitrogens with one attached hydrogen (secondary N) is 2. The summed E-state index contributed by atoms with van der Waals surface area (Å²) >= 11 is 0. The molecule has 0 unspecified atom stereocenters. The van der Waals surface area contributed by atoms with Gasteiger partial charge in [0, 0.05) is 18.8 Å². The highest BCUT2D eigenvalue weighted by Crippen LogP contribution is 2.31. The summed E-state index contributed by atoms with van der Waals surface area (Å²) in [7, 11) is 1.69. The lowest BCUT2D eigenvalue weighted by Crippen LogP contribution is -2.55. The zero-order chi connectivity index (χ0) is 13.9. The Morgan fingerprint density at radius 1 is 1.37 bits per heavy atom. The molecule has 19 heavy (non-hydrogen) atoms. The number of likely N-dealkylation sites (N-methyl/N-ethyl adjacent to an activating group) is 1. The van der Waals surface area contributed by atoms with E-state index in [9.17, 15) is 4.79 Å². The van der Waals surface area contributed by atoms with Gasteiger partial charge >= 0.3 is 0 Å². The number of carbonyl (C=O) groups is 1. The molecule has 1 aromatic rings. The predicted molar refractivity (Wildman–Crippen MR) is 78.0 cm³/mol. The van der Waals surface area contributed by atoms with Crippen LogP contribution in [0, 0.1) is 6.92 Å². The van der Waals surface area contributed by atoms with Crippen LogP contribution in [0.25, 0.3) is 0 Å². The van der Waals surface area contributed by atoms with E-state index in [4.69, 9.17) is 5.73 Å². The van der Waals surface area contributed by atoms with E-state index in [1.807, 2.05) is 12.1 Å². The summed E-state index contributed by atoms with van der Waals surface area (Å²) < 4.78 is 0. The zero-order valence-electron chi connectivity index (χ0n) is 11.7. The molecule has 0 aromatic heterocycles. The van der Waals surface area contributed by atoms with Gasteiger partial charge in [-0.25, -0.2) is 0 Å². The molecule has 1 saturated carbocycles. The summed E-state index contributed by atoms with van der Waals surface area (Å²) in [6.07, 6.45) is 3.32. The first kappa shape index (κ1) is 13.9. The standard InChI is InChI=1S/C15H23N3O/c1-11-4-3-5-13(10-11)18-15(14(19)17-2)8-6-12(16)7-9-15/h3-5,10,12,18H,6-9,16H2,1-2H3,(H,17,19). The van der Waals surface area contributed by atoms with Crippen LogP contribution in [0.4, 0.5) is 5.69 Å². The summed E-state index contributed by atoms with van der Waals surface area (Å²) in [6, 6.07) is 8.35. The van der Waals surface area contributed by atoms with Crippen LogP contribution in [0.15, 0.2) is 24.3 Å². The van der Waals surface area contributed by atoms with Crippen LogP contribution >= 0.6 is 0 Å². The Balaban J connectivity index is 2.21. The minimum atomic E-state index is -0.515. The molecular weight excluding hydrogens is 238 g/mol. The molecule has 4 heteroatoms. The number of anilines is 1. The number of carbonyl (C=O) groups excluding carboxylic acids is 1. The van der Waals surface area contributed by atoms with Gasteiger partial charge in [-0.1, -0.05) is 12.1 Å². The van der Waals surface area contributed by atoms with Crippen LogP contribution in [-0.2, 0) is 4.79 Å². The van der Waals surface area contributed by atoms with Gasteiger partial charge in [-0.3, -0.25) is 4.79 Å². The number of hydrogen-bond donors (Lipinski definition) is 3. The number of aryl methyl sites for hydroxylation is 1. The molecule has 1 amide bonds. The fourth-order valence-corrected chi connectivity index (χ4v) is 2.78. The Hall–Kier alpha value is -1.55. The summed E-state index contributed by atoms with van der Waals surface area (Å²) in [5, 5.41) is 6.22. The van der Waals surface area contributed by atoms with Gasteiger partial charge in [-0.2, -0.15) is 0 Å². The predicted octanol–water partition coefficient (Wildman–Crippen LogP) is 1.79. The quantitative estimate of drug-likeness (QED) is 0.777. The highest BCUT2D eigenvalue weighted by Gasteiger charge is 2.40. The number of rotatable bonds is 3. The Morgan fingerprint density at radius 3 is 2.63 bits per heavy atom. The van der Waals surface area contributed by atoms with E-state index in [1.54, 1.807) is 7.05 Å². The molecule has 0 spiro atoms. The van der Waals surface area contributed by atoms with Crippen molar-refractivity contribution in [3.8, 4) is 0 Å². The third-order valence-corrected chi connectivity index (χ3v) is 3.95. The maximum atomic E-state index is 12.3. The summed E-state index contributed by atoms with van der Waals surface area (Å²) in [5.41, 5.74) is 7.62. The second-order valence-electron chi connectivity index (χ2n) is 5.49. The van der Waals surface area contributed by atoms with Crippen molar-refractivity contribution in [3.05, 3.63) is 29.8 Å². The molecule has 4 N–H and O–H groups in total. The number of amides is 1. The fourth-order valence-electron chi connectivity index (χ4n) is 2.78. The largest absolute Gasteiger partial charge is 0.371 e. The van der Waals surface area contributed by atoms with Crippen molar-refractivity contribution in [1.29, 1.82) is 0 Å². The molecule has 0 bridgehead atoms. The first-order chi connectivity index (χ1) is 9.05. The minimum Gasteiger partial charge on any atom is -0.371 e. The lowest BCUT2D eigenvalue weighted by Gasteiger charge is -2.39. The molecule has 1 aliphatic rings. The molecule has 0 atom stereocenters. The highest BCUT2D eigenvalue weighted by molar-refractivity contribution is 5.89.